The summed E-state index contributed by atoms with van der Waals surface area (Å²) in [6.07, 6.45) is 2.86. The number of nitrogens with one attached hydrogen (secondary N) is 1. The van der Waals surface area contributed by atoms with E-state index in [1.54, 1.807) is 38.3 Å². The normalized spacial score (nSPS) is 12.8. The standard InChI is InChI=1S/C16H20FN3O3S/c1-12(3-8-16-18-10-14(17)11-19-16)24(21,22)20-9-13-4-6-15(23-2)7-5-13/h4-7,10-12,20H,3,8-9H2,1-2H3/t12-/m1/s1. The van der Waals surface area contributed by atoms with Crippen LogP contribution in [0.15, 0.2) is 36.7 Å². The first-order valence-corrected chi connectivity index (χ1v) is 9.03. The minimum atomic E-state index is -3.46. The van der Waals surface area contributed by atoms with Gasteiger partial charge in [0.1, 0.15) is 11.6 Å². The van der Waals surface area contributed by atoms with Crippen LogP contribution >= 0.6 is 0 Å². The van der Waals surface area contributed by atoms with Crippen molar-refractivity contribution >= 4 is 10.0 Å². The Kier molecular flexibility index (Phi) is 6.22. The van der Waals surface area contributed by atoms with Crippen LogP contribution in [-0.2, 0) is 23.0 Å². The van der Waals surface area contributed by atoms with E-state index < -0.39 is 21.1 Å². The highest BCUT2D eigenvalue weighted by Crippen LogP contribution is 2.13. The van der Waals surface area contributed by atoms with Gasteiger partial charge >= 0.3 is 0 Å². The molecule has 2 aromatic rings. The maximum Gasteiger partial charge on any atom is 0.214 e. The maximum atomic E-state index is 12.7. The summed E-state index contributed by atoms with van der Waals surface area (Å²) in [4.78, 5) is 7.66. The van der Waals surface area contributed by atoms with E-state index in [1.807, 2.05) is 0 Å². The van der Waals surface area contributed by atoms with E-state index in [0.29, 0.717) is 24.4 Å². The minimum Gasteiger partial charge on any atom is -0.497 e. The highest BCUT2D eigenvalue weighted by molar-refractivity contribution is 7.90. The van der Waals surface area contributed by atoms with Gasteiger partial charge in [0.25, 0.3) is 0 Å². The Morgan fingerprint density at radius 1 is 1.21 bits per heavy atom. The highest BCUT2D eigenvalue weighted by atomic mass is 32.2. The molecule has 24 heavy (non-hydrogen) atoms. The zero-order valence-corrected chi connectivity index (χ0v) is 14.4. The fraction of sp³-hybridized carbons (Fsp3) is 0.375. The van der Waals surface area contributed by atoms with Gasteiger partial charge in [-0.2, -0.15) is 0 Å². The first-order chi connectivity index (χ1) is 11.4. The third-order valence-electron chi connectivity index (χ3n) is 3.61. The number of hydrogen-bond donors (Lipinski definition) is 1. The number of aryl methyl sites for hydroxylation is 1. The van der Waals surface area contributed by atoms with Crippen LogP contribution in [0.5, 0.6) is 5.75 Å². The van der Waals surface area contributed by atoms with Crippen LogP contribution < -0.4 is 9.46 Å². The SMILES string of the molecule is COc1ccc(CNS(=O)(=O)[C@H](C)CCc2ncc(F)cn2)cc1. The van der Waals surface area contributed by atoms with Crippen molar-refractivity contribution in [3.63, 3.8) is 0 Å². The summed E-state index contributed by atoms with van der Waals surface area (Å²) in [5.74, 6) is 0.628. The molecule has 0 aliphatic carbocycles. The summed E-state index contributed by atoms with van der Waals surface area (Å²) in [5, 5.41) is -0.607. The Hall–Kier alpha value is -2.06. The Morgan fingerprint density at radius 3 is 2.42 bits per heavy atom. The van der Waals surface area contributed by atoms with E-state index in [1.165, 1.54) is 0 Å². The van der Waals surface area contributed by atoms with Crippen LogP contribution in [0, 0.1) is 5.82 Å². The predicted molar refractivity (Wildman–Crippen MR) is 88.5 cm³/mol. The molecule has 6 nitrogen and oxygen atoms in total. The minimum absolute atomic E-state index is 0.212. The Morgan fingerprint density at radius 2 is 1.83 bits per heavy atom. The quantitative estimate of drug-likeness (QED) is 0.786. The van der Waals surface area contributed by atoms with E-state index in [2.05, 4.69) is 14.7 Å². The Bertz CT molecular complexity index is 749. The molecule has 0 saturated heterocycles. The Balaban J connectivity index is 1.87. The second-order valence-electron chi connectivity index (χ2n) is 5.38. The number of rotatable bonds is 8. The molecule has 1 aromatic carbocycles. The fourth-order valence-corrected chi connectivity index (χ4v) is 3.11. The third kappa shape index (κ3) is 5.24. The second-order valence-corrected chi connectivity index (χ2v) is 7.56. The van der Waals surface area contributed by atoms with Crippen molar-refractivity contribution in [3.8, 4) is 5.75 Å². The van der Waals surface area contributed by atoms with Crippen LogP contribution in [0.4, 0.5) is 4.39 Å². The highest BCUT2D eigenvalue weighted by Gasteiger charge is 2.20. The van der Waals surface area contributed by atoms with Gasteiger partial charge < -0.3 is 4.74 Å². The molecule has 0 aliphatic heterocycles. The fourth-order valence-electron chi connectivity index (χ4n) is 2.03. The average Bonchev–Trinajstić information content (AvgIpc) is 2.59. The first-order valence-electron chi connectivity index (χ1n) is 7.48. The van der Waals surface area contributed by atoms with E-state index in [4.69, 9.17) is 4.74 Å². The molecule has 0 unspecified atom stereocenters. The van der Waals surface area contributed by atoms with Crippen molar-refractivity contribution in [3.05, 3.63) is 53.9 Å². The molecule has 1 heterocycles. The molecular weight excluding hydrogens is 333 g/mol. The third-order valence-corrected chi connectivity index (χ3v) is 5.46. The summed E-state index contributed by atoms with van der Waals surface area (Å²) in [7, 11) is -1.89. The lowest BCUT2D eigenvalue weighted by atomic mass is 10.2. The van der Waals surface area contributed by atoms with Gasteiger partial charge in [0.2, 0.25) is 10.0 Å². The van der Waals surface area contributed by atoms with Gasteiger partial charge in [0.05, 0.1) is 24.8 Å². The number of benzene rings is 1. The lowest BCUT2D eigenvalue weighted by molar-refractivity contribution is 0.414. The number of ether oxygens (including phenoxy) is 1. The van der Waals surface area contributed by atoms with Crippen molar-refractivity contribution in [1.29, 1.82) is 0 Å². The van der Waals surface area contributed by atoms with Gasteiger partial charge in [0.15, 0.2) is 5.82 Å². The smallest absolute Gasteiger partial charge is 0.214 e. The van der Waals surface area contributed by atoms with Gasteiger partial charge in [-0.3, -0.25) is 0 Å². The maximum absolute atomic E-state index is 12.7. The molecule has 0 fully saturated rings. The zero-order chi connectivity index (χ0) is 17.6. The average molecular weight is 353 g/mol. The summed E-state index contributed by atoms with van der Waals surface area (Å²) in [5.41, 5.74) is 0.841. The second kappa shape index (κ2) is 8.16. The molecular formula is C16H20FN3O3S. The lowest BCUT2D eigenvalue weighted by Crippen LogP contribution is -2.32. The van der Waals surface area contributed by atoms with Crippen LogP contribution in [0.1, 0.15) is 24.7 Å². The zero-order valence-electron chi connectivity index (χ0n) is 13.6. The van der Waals surface area contributed by atoms with Crippen molar-refractivity contribution in [2.24, 2.45) is 0 Å². The summed E-state index contributed by atoms with van der Waals surface area (Å²) in [6, 6.07) is 7.16. The van der Waals surface area contributed by atoms with Gasteiger partial charge in [-0.1, -0.05) is 12.1 Å². The molecule has 0 saturated carbocycles. The number of hydrogen-bond acceptors (Lipinski definition) is 5. The van der Waals surface area contributed by atoms with E-state index in [9.17, 15) is 12.8 Å². The van der Waals surface area contributed by atoms with E-state index >= 15 is 0 Å². The molecule has 8 heteroatoms. The lowest BCUT2D eigenvalue weighted by Gasteiger charge is -2.13. The topological polar surface area (TPSA) is 81.2 Å². The van der Waals surface area contributed by atoms with Gasteiger partial charge in [-0.05, 0) is 31.0 Å². The molecule has 1 atom stereocenters. The Labute approximate surface area is 141 Å². The van der Waals surface area contributed by atoms with Gasteiger partial charge in [-0.15, -0.1) is 0 Å². The molecule has 1 N–H and O–H groups in total. The molecule has 1 aromatic heterocycles. The summed E-state index contributed by atoms with van der Waals surface area (Å²) >= 11 is 0. The molecule has 0 radical (unpaired) electrons. The monoisotopic (exact) mass is 353 g/mol. The van der Waals surface area contributed by atoms with Gasteiger partial charge in [0, 0.05) is 13.0 Å². The van der Waals surface area contributed by atoms with Crippen molar-refractivity contribution in [1.82, 2.24) is 14.7 Å². The number of nitrogens with zero attached hydrogens (tertiary/aromatic N) is 2. The number of methoxy groups -OCH3 is 1. The molecule has 130 valence electrons. The van der Waals surface area contributed by atoms with Crippen LogP contribution in [0.25, 0.3) is 0 Å². The van der Waals surface area contributed by atoms with Crippen molar-refractivity contribution < 1.29 is 17.5 Å². The largest absolute Gasteiger partial charge is 0.497 e. The van der Waals surface area contributed by atoms with E-state index in [0.717, 1.165) is 18.0 Å². The number of halogens is 1. The summed E-state index contributed by atoms with van der Waals surface area (Å²) < 4.78 is 44.9. The molecule has 0 bridgehead atoms. The molecule has 0 spiro atoms. The first kappa shape index (κ1) is 18.3. The van der Waals surface area contributed by atoms with Crippen LogP contribution in [0.3, 0.4) is 0 Å². The number of aromatic nitrogens is 2. The van der Waals surface area contributed by atoms with E-state index in [-0.39, 0.29) is 6.54 Å². The predicted octanol–water partition coefficient (Wildman–Crippen LogP) is 2.06. The van der Waals surface area contributed by atoms with Crippen molar-refractivity contribution in [2.45, 2.75) is 31.6 Å². The van der Waals surface area contributed by atoms with Crippen LogP contribution in [-0.4, -0.2) is 30.7 Å². The van der Waals surface area contributed by atoms with Crippen LogP contribution in [0.2, 0.25) is 0 Å². The molecule has 0 amide bonds. The summed E-state index contributed by atoms with van der Waals surface area (Å²) in [6.45, 7) is 1.84. The number of sulfonamides is 1. The van der Waals surface area contributed by atoms with Gasteiger partial charge in [-0.25, -0.2) is 27.5 Å². The van der Waals surface area contributed by atoms with Crippen molar-refractivity contribution in [2.75, 3.05) is 7.11 Å². The molecule has 2 rings (SSSR count). The molecule has 0 aliphatic rings.